The summed E-state index contributed by atoms with van der Waals surface area (Å²) in [5.74, 6) is 2.12. The average Bonchev–Trinajstić information content (AvgIpc) is 2.64. The van der Waals surface area contributed by atoms with Crippen molar-refractivity contribution in [2.24, 2.45) is 0 Å². The van der Waals surface area contributed by atoms with E-state index in [4.69, 9.17) is 20.9 Å². The normalized spacial score (nSPS) is 15.9. The predicted molar refractivity (Wildman–Crippen MR) is 97.7 cm³/mol. The molecule has 0 aliphatic carbocycles. The summed E-state index contributed by atoms with van der Waals surface area (Å²) < 4.78 is 11.9. The molecule has 0 saturated heterocycles. The molecule has 126 valence electrons. The molecule has 25 heavy (non-hydrogen) atoms. The third-order valence-corrected chi connectivity index (χ3v) is 4.30. The van der Waals surface area contributed by atoms with E-state index in [0.717, 1.165) is 41.2 Å². The zero-order valence-corrected chi connectivity index (χ0v) is 13.7. The maximum Gasteiger partial charge on any atom is 0.219 e. The third kappa shape index (κ3) is 3.21. The minimum atomic E-state index is -0.0146. The van der Waals surface area contributed by atoms with Crippen LogP contribution in [0, 0.1) is 0 Å². The molecule has 4 N–H and O–H groups in total. The molecule has 3 aromatic rings. The molecule has 1 aromatic heterocycles. The topological polar surface area (TPSA) is 83.4 Å². The Balaban J connectivity index is 1.53. The summed E-state index contributed by atoms with van der Waals surface area (Å²) in [5.41, 5.74) is 15.3. The lowest BCUT2D eigenvalue weighted by atomic mass is 9.96. The second-order valence-electron chi connectivity index (χ2n) is 6.08. The molecule has 0 bridgehead atoms. The van der Waals surface area contributed by atoms with Gasteiger partial charge in [0.1, 0.15) is 17.6 Å². The van der Waals surface area contributed by atoms with Crippen molar-refractivity contribution in [3.8, 4) is 17.4 Å². The Kier molecular flexibility index (Phi) is 3.90. The molecular formula is C20H19N3O2. The molecule has 0 amide bonds. The predicted octanol–water partition coefficient (Wildman–Crippen LogP) is 4.10. The third-order valence-electron chi connectivity index (χ3n) is 4.30. The van der Waals surface area contributed by atoms with Crippen LogP contribution in [0.4, 0.5) is 11.4 Å². The Morgan fingerprint density at radius 2 is 1.92 bits per heavy atom. The lowest BCUT2D eigenvalue weighted by Gasteiger charge is -2.27. The number of rotatable bonds is 3. The minimum absolute atomic E-state index is 0.0146. The maximum atomic E-state index is 6.15. The number of nitrogens with two attached hydrogens (primary N) is 2. The van der Waals surface area contributed by atoms with Gasteiger partial charge in [-0.15, -0.1) is 0 Å². The van der Waals surface area contributed by atoms with Crippen molar-refractivity contribution < 1.29 is 9.47 Å². The molecule has 1 atom stereocenters. The SMILES string of the molecule is Nc1ccc(Oc2ccc3c(c2)CCC(c2ccccc2N)O3)nc1. The van der Waals surface area contributed by atoms with Crippen molar-refractivity contribution in [2.75, 3.05) is 11.5 Å². The number of aromatic nitrogens is 1. The second kappa shape index (κ2) is 6.36. The molecule has 0 radical (unpaired) electrons. The highest BCUT2D eigenvalue weighted by molar-refractivity contribution is 5.50. The van der Waals surface area contributed by atoms with Gasteiger partial charge in [0.05, 0.1) is 11.9 Å². The van der Waals surface area contributed by atoms with Crippen LogP contribution in [-0.2, 0) is 6.42 Å². The van der Waals surface area contributed by atoms with E-state index in [9.17, 15) is 0 Å². The van der Waals surface area contributed by atoms with Crippen molar-refractivity contribution in [2.45, 2.75) is 18.9 Å². The number of nitrogen functional groups attached to an aromatic ring is 2. The minimum Gasteiger partial charge on any atom is -0.485 e. The number of para-hydroxylation sites is 1. The fraction of sp³-hybridized carbons (Fsp3) is 0.150. The van der Waals surface area contributed by atoms with Gasteiger partial charge in [-0.2, -0.15) is 0 Å². The van der Waals surface area contributed by atoms with E-state index in [0.29, 0.717) is 11.6 Å². The summed E-state index contributed by atoms with van der Waals surface area (Å²) in [6, 6.07) is 17.2. The van der Waals surface area contributed by atoms with E-state index in [2.05, 4.69) is 4.98 Å². The van der Waals surface area contributed by atoms with Crippen LogP contribution in [0.5, 0.6) is 17.4 Å². The van der Waals surface area contributed by atoms with Crippen molar-refractivity contribution in [3.05, 3.63) is 71.9 Å². The average molecular weight is 333 g/mol. The largest absolute Gasteiger partial charge is 0.485 e. The van der Waals surface area contributed by atoms with Crippen LogP contribution in [-0.4, -0.2) is 4.98 Å². The van der Waals surface area contributed by atoms with Crippen molar-refractivity contribution in [3.63, 3.8) is 0 Å². The van der Waals surface area contributed by atoms with E-state index in [1.807, 2.05) is 42.5 Å². The number of hydrogen-bond donors (Lipinski definition) is 2. The molecule has 2 heterocycles. The van der Waals surface area contributed by atoms with Gasteiger partial charge in [-0.05, 0) is 48.7 Å². The molecule has 5 nitrogen and oxygen atoms in total. The van der Waals surface area contributed by atoms with Crippen LogP contribution in [0.15, 0.2) is 60.8 Å². The summed E-state index contributed by atoms with van der Waals surface area (Å²) >= 11 is 0. The van der Waals surface area contributed by atoms with Gasteiger partial charge in [-0.3, -0.25) is 0 Å². The molecule has 1 aliphatic heterocycles. The van der Waals surface area contributed by atoms with Gasteiger partial charge in [0, 0.05) is 17.3 Å². The van der Waals surface area contributed by atoms with Crippen LogP contribution in [0.1, 0.15) is 23.7 Å². The monoisotopic (exact) mass is 333 g/mol. The summed E-state index contributed by atoms with van der Waals surface area (Å²) in [6.45, 7) is 0. The summed E-state index contributed by atoms with van der Waals surface area (Å²) in [6.07, 6.45) is 3.34. The Morgan fingerprint density at radius 1 is 1.04 bits per heavy atom. The van der Waals surface area contributed by atoms with Gasteiger partial charge in [-0.25, -0.2) is 4.98 Å². The Labute approximate surface area is 146 Å². The number of pyridine rings is 1. The van der Waals surface area contributed by atoms with E-state index >= 15 is 0 Å². The molecule has 4 rings (SSSR count). The van der Waals surface area contributed by atoms with Crippen LogP contribution < -0.4 is 20.9 Å². The Bertz CT molecular complexity index is 894. The zero-order chi connectivity index (χ0) is 17.2. The van der Waals surface area contributed by atoms with Crippen molar-refractivity contribution in [1.82, 2.24) is 4.98 Å². The molecular weight excluding hydrogens is 314 g/mol. The van der Waals surface area contributed by atoms with Crippen molar-refractivity contribution >= 4 is 11.4 Å². The van der Waals surface area contributed by atoms with Gasteiger partial charge >= 0.3 is 0 Å². The lowest BCUT2D eigenvalue weighted by Crippen LogP contribution is -2.16. The van der Waals surface area contributed by atoms with E-state index in [1.165, 1.54) is 0 Å². The Hall–Kier alpha value is -3.21. The summed E-state index contributed by atoms with van der Waals surface area (Å²) in [4.78, 5) is 4.15. The Morgan fingerprint density at radius 3 is 2.72 bits per heavy atom. The first-order chi connectivity index (χ1) is 12.2. The number of benzene rings is 2. The van der Waals surface area contributed by atoms with Crippen LogP contribution in [0.3, 0.4) is 0 Å². The second-order valence-corrected chi connectivity index (χ2v) is 6.08. The van der Waals surface area contributed by atoms with Crippen molar-refractivity contribution in [1.29, 1.82) is 0 Å². The number of nitrogens with zero attached hydrogens (tertiary/aromatic N) is 1. The number of ether oxygens (including phenoxy) is 2. The zero-order valence-electron chi connectivity index (χ0n) is 13.7. The van der Waals surface area contributed by atoms with Gasteiger partial charge in [0.25, 0.3) is 0 Å². The smallest absolute Gasteiger partial charge is 0.219 e. The lowest BCUT2D eigenvalue weighted by molar-refractivity contribution is 0.177. The maximum absolute atomic E-state index is 6.15. The quantitative estimate of drug-likeness (QED) is 0.705. The first-order valence-corrected chi connectivity index (χ1v) is 8.22. The molecule has 5 heteroatoms. The molecule has 0 spiro atoms. The molecule has 2 aromatic carbocycles. The van der Waals surface area contributed by atoms with E-state index in [1.54, 1.807) is 18.3 Å². The van der Waals surface area contributed by atoms with Gasteiger partial charge in [-0.1, -0.05) is 18.2 Å². The number of anilines is 2. The van der Waals surface area contributed by atoms with Crippen LogP contribution in [0.25, 0.3) is 0 Å². The highest BCUT2D eigenvalue weighted by atomic mass is 16.5. The first kappa shape index (κ1) is 15.3. The van der Waals surface area contributed by atoms with Crippen LogP contribution >= 0.6 is 0 Å². The fourth-order valence-electron chi connectivity index (χ4n) is 3.02. The van der Waals surface area contributed by atoms with Crippen LogP contribution in [0.2, 0.25) is 0 Å². The molecule has 0 fully saturated rings. The van der Waals surface area contributed by atoms with Gasteiger partial charge < -0.3 is 20.9 Å². The molecule has 0 saturated carbocycles. The highest BCUT2D eigenvalue weighted by Gasteiger charge is 2.23. The highest BCUT2D eigenvalue weighted by Crippen LogP contribution is 2.38. The number of hydrogen-bond acceptors (Lipinski definition) is 5. The van der Waals surface area contributed by atoms with E-state index in [-0.39, 0.29) is 6.10 Å². The van der Waals surface area contributed by atoms with Gasteiger partial charge in [0.2, 0.25) is 5.88 Å². The standard InChI is InChI=1S/C20H19N3O2/c21-14-6-10-20(23-12-14)24-15-7-9-18-13(11-15)5-8-19(25-18)16-3-1-2-4-17(16)22/h1-4,6-7,9-12,19H,5,8,21-22H2. The molecule has 1 aliphatic rings. The number of fused-ring (bicyclic) bond motifs is 1. The summed E-state index contributed by atoms with van der Waals surface area (Å²) in [7, 11) is 0. The van der Waals surface area contributed by atoms with E-state index < -0.39 is 0 Å². The summed E-state index contributed by atoms with van der Waals surface area (Å²) in [5, 5.41) is 0. The first-order valence-electron chi connectivity index (χ1n) is 8.22. The fourth-order valence-corrected chi connectivity index (χ4v) is 3.02. The number of aryl methyl sites for hydroxylation is 1. The van der Waals surface area contributed by atoms with Gasteiger partial charge in [0.15, 0.2) is 0 Å². The molecule has 1 unspecified atom stereocenters.